The van der Waals surface area contributed by atoms with E-state index in [0.29, 0.717) is 5.92 Å². The van der Waals surface area contributed by atoms with Gasteiger partial charge in [0, 0.05) is 18.7 Å². The number of nitrogens with one attached hydrogen (secondary N) is 1. The number of ether oxygens (including phenoxy) is 1. The summed E-state index contributed by atoms with van der Waals surface area (Å²) in [6, 6.07) is 3.84. The maximum atomic E-state index is 5.17. The largest absolute Gasteiger partial charge is 0.497 e. The molecule has 2 aromatic rings. The molecule has 0 bridgehead atoms. The van der Waals surface area contributed by atoms with Gasteiger partial charge >= 0.3 is 0 Å². The molecule has 0 aliphatic carbocycles. The van der Waals surface area contributed by atoms with Crippen molar-refractivity contribution in [2.45, 2.75) is 12.8 Å². The summed E-state index contributed by atoms with van der Waals surface area (Å²) < 4.78 is 7.22. The third kappa shape index (κ3) is 1.98. The van der Waals surface area contributed by atoms with Gasteiger partial charge in [-0.1, -0.05) is 0 Å². The molecule has 1 N–H and O–H groups in total. The van der Waals surface area contributed by atoms with Crippen LogP contribution in [0.15, 0.2) is 18.3 Å². The van der Waals surface area contributed by atoms with Crippen molar-refractivity contribution in [3.8, 4) is 5.75 Å². The Labute approximate surface area is 99.8 Å². The van der Waals surface area contributed by atoms with Crippen LogP contribution in [0.25, 0.3) is 5.65 Å². The molecule has 0 amide bonds. The maximum absolute atomic E-state index is 5.17. The molecule has 1 aliphatic rings. The van der Waals surface area contributed by atoms with Crippen molar-refractivity contribution in [2.75, 3.05) is 20.2 Å². The van der Waals surface area contributed by atoms with Crippen LogP contribution in [0.4, 0.5) is 0 Å². The first-order valence-electron chi connectivity index (χ1n) is 5.95. The molecule has 1 fully saturated rings. The third-order valence-corrected chi connectivity index (χ3v) is 3.32. The smallest absolute Gasteiger partial charge is 0.164 e. The monoisotopic (exact) mass is 232 g/mol. The average Bonchev–Trinajstić information content (AvgIpc) is 2.99. The highest BCUT2D eigenvalue weighted by molar-refractivity contribution is 5.44. The lowest BCUT2D eigenvalue weighted by molar-refractivity contribution is 0.414. The van der Waals surface area contributed by atoms with Crippen molar-refractivity contribution in [3.05, 3.63) is 24.2 Å². The predicted molar refractivity (Wildman–Crippen MR) is 64.2 cm³/mol. The highest BCUT2D eigenvalue weighted by Gasteiger charge is 2.17. The van der Waals surface area contributed by atoms with Crippen molar-refractivity contribution in [1.29, 1.82) is 0 Å². The molecule has 1 saturated heterocycles. The van der Waals surface area contributed by atoms with Gasteiger partial charge in [0.15, 0.2) is 5.65 Å². The van der Waals surface area contributed by atoms with Gasteiger partial charge in [0.25, 0.3) is 0 Å². The van der Waals surface area contributed by atoms with E-state index in [0.717, 1.165) is 36.7 Å². The summed E-state index contributed by atoms with van der Waals surface area (Å²) in [6.45, 7) is 2.21. The average molecular weight is 232 g/mol. The Hall–Kier alpha value is -1.62. The minimum absolute atomic E-state index is 0.685. The number of methoxy groups -OCH3 is 1. The Balaban J connectivity index is 1.89. The van der Waals surface area contributed by atoms with E-state index in [9.17, 15) is 0 Å². The Morgan fingerprint density at radius 2 is 2.47 bits per heavy atom. The molecule has 1 unspecified atom stereocenters. The highest BCUT2D eigenvalue weighted by Crippen LogP contribution is 2.17. The molecule has 0 aromatic carbocycles. The number of rotatable bonds is 3. The van der Waals surface area contributed by atoms with Crippen molar-refractivity contribution in [3.63, 3.8) is 0 Å². The Bertz CT molecular complexity index is 516. The van der Waals surface area contributed by atoms with Crippen molar-refractivity contribution in [1.82, 2.24) is 19.9 Å². The van der Waals surface area contributed by atoms with Crippen LogP contribution in [-0.2, 0) is 6.42 Å². The van der Waals surface area contributed by atoms with Crippen LogP contribution in [0.1, 0.15) is 12.2 Å². The summed E-state index contributed by atoms with van der Waals surface area (Å²) in [5.41, 5.74) is 0.852. The second kappa shape index (κ2) is 4.33. The van der Waals surface area contributed by atoms with Gasteiger partial charge in [-0.25, -0.2) is 0 Å². The molecule has 2 aromatic heterocycles. The fraction of sp³-hybridized carbons (Fsp3) is 0.500. The van der Waals surface area contributed by atoms with Gasteiger partial charge in [0.1, 0.15) is 11.6 Å². The Morgan fingerprint density at radius 3 is 3.24 bits per heavy atom. The Morgan fingerprint density at radius 1 is 1.53 bits per heavy atom. The molecule has 0 saturated carbocycles. The zero-order chi connectivity index (χ0) is 11.7. The Kier molecular flexibility index (Phi) is 2.68. The molecule has 5 heteroatoms. The molecule has 0 radical (unpaired) electrons. The first kappa shape index (κ1) is 10.5. The van der Waals surface area contributed by atoms with E-state index in [4.69, 9.17) is 4.74 Å². The minimum atomic E-state index is 0.685. The molecule has 0 spiro atoms. The van der Waals surface area contributed by atoms with Crippen molar-refractivity contribution in [2.24, 2.45) is 5.92 Å². The first-order chi connectivity index (χ1) is 8.36. The van der Waals surface area contributed by atoms with E-state index in [-0.39, 0.29) is 0 Å². The van der Waals surface area contributed by atoms with Crippen LogP contribution in [0.5, 0.6) is 5.75 Å². The van der Waals surface area contributed by atoms with Crippen LogP contribution in [0.3, 0.4) is 0 Å². The zero-order valence-electron chi connectivity index (χ0n) is 9.89. The van der Waals surface area contributed by atoms with Crippen LogP contribution >= 0.6 is 0 Å². The number of hydrogen-bond acceptors (Lipinski definition) is 4. The van der Waals surface area contributed by atoms with Gasteiger partial charge < -0.3 is 10.1 Å². The second-order valence-electron chi connectivity index (χ2n) is 4.47. The summed E-state index contributed by atoms with van der Waals surface area (Å²) in [7, 11) is 1.66. The van der Waals surface area contributed by atoms with Crippen LogP contribution in [0, 0.1) is 5.92 Å². The van der Waals surface area contributed by atoms with Gasteiger partial charge in [-0.2, -0.15) is 0 Å². The molecular formula is C12H16N4O. The summed E-state index contributed by atoms with van der Waals surface area (Å²) in [5, 5.41) is 11.8. The van der Waals surface area contributed by atoms with E-state index in [1.165, 1.54) is 6.42 Å². The topological polar surface area (TPSA) is 51.5 Å². The molecule has 5 nitrogen and oxygen atoms in total. The third-order valence-electron chi connectivity index (χ3n) is 3.32. The van der Waals surface area contributed by atoms with E-state index >= 15 is 0 Å². The summed E-state index contributed by atoms with van der Waals surface area (Å²) in [4.78, 5) is 0. The van der Waals surface area contributed by atoms with E-state index in [2.05, 4.69) is 15.5 Å². The lowest BCUT2D eigenvalue weighted by atomic mass is 10.1. The minimum Gasteiger partial charge on any atom is -0.497 e. The second-order valence-corrected chi connectivity index (χ2v) is 4.47. The van der Waals surface area contributed by atoms with Crippen LogP contribution in [-0.4, -0.2) is 34.8 Å². The summed E-state index contributed by atoms with van der Waals surface area (Å²) in [5.74, 6) is 2.54. The van der Waals surface area contributed by atoms with Gasteiger partial charge in [-0.15, -0.1) is 10.2 Å². The van der Waals surface area contributed by atoms with E-state index in [1.807, 2.05) is 22.7 Å². The predicted octanol–water partition coefficient (Wildman–Crippen LogP) is 0.890. The molecule has 90 valence electrons. The normalized spacial score (nSPS) is 19.9. The number of nitrogens with zero attached hydrogens (tertiary/aromatic N) is 3. The van der Waals surface area contributed by atoms with Crippen LogP contribution in [0.2, 0.25) is 0 Å². The lowest BCUT2D eigenvalue weighted by Gasteiger charge is -2.06. The number of pyridine rings is 1. The summed E-state index contributed by atoms with van der Waals surface area (Å²) >= 11 is 0. The van der Waals surface area contributed by atoms with Crippen molar-refractivity contribution >= 4 is 5.65 Å². The molecule has 3 rings (SSSR count). The molecule has 1 atom stereocenters. The van der Waals surface area contributed by atoms with E-state index in [1.54, 1.807) is 7.11 Å². The van der Waals surface area contributed by atoms with E-state index < -0.39 is 0 Å². The van der Waals surface area contributed by atoms with Crippen LogP contribution < -0.4 is 10.1 Å². The first-order valence-corrected chi connectivity index (χ1v) is 5.95. The van der Waals surface area contributed by atoms with Gasteiger partial charge in [-0.3, -0.25) is 4.40 Å². The highest BCUT2D eigenvalue weighted by atomic mass is 16.5. The zero-order valence-corrected chi connectivity index (χ0v) is 9.89. The molecule has 17 heavy (non-hydrogen) atoms. The molecule has 1 aliphatic heterocycles. The fourth-order valence-corrected chi connectivity index (χ4v) is 2.33. The molecular weight excluding hydrogens is 216 g/mol. The SMILES string of the molecule is COc1ccn2c(CC3CCNC3)nnc2c1. The summed E-state index contributed by atoms with van der Waals surface area (Å²) in [6.07, 6.45) is 4.19. The maximum Gasteiger partial charge on any atom is 0.164 e. The number of fused-ring (bicyclic) bond motifs is 1. The van der Waals surface area contributed by atoms with Gasteiger partial charge in [-0.05, 0) is 31.5 Å². The lowest BCUT2D eigenvalue weighted by Crippen LogP contribution is -2.12. The van der Waals surface area contributed by atoms with Gasteiger partial charge in [0.05, 0.1) is 7.11 Å². The molecule has 3 heterocycles. The van der Waals surface area contributed by atoms with Crippen molar-refractivity contribution < 1.29 is 4.74 Å². The number of hydrogen-bond donors (Lipinski definition) is 1. The quantitative estimate of drug-likeness (QED) is 0.854. The standard InChI is InChI=1S/C12H16N4O/c1-17-10-3-5-16-11(14-15-12(16)7-10)6-9-2-4-13-8-9/h3,5,7,9,13H,2,4,6,8H2,1H3. The number of aromatic nitrogens is 3. The van der Waals surface area contributed by atoms with Gasteiger partial charge in [0.2, 0.25) is 0 Å². The fourth-order valence-electron chi connectivity index (χ4n) is 2.33.